The van der Waals surface area contributed by atoms with Crippen molar-refractivity contribution < 1.29 is 0 Å². The number of nitrogens with zero attached hydrogens (tertiary/aromatic N) is 2. The van der Waals surface area contributed by atoms with Crippen molar-refractivity contribution in [3.05, 3.63) is 34.9 Å². The Morgan fingerprint density at radius 2 is 2.15 bits per heavy atom. The smallest absolute Gasteiger partial charge is 0.0426 e. The van der Waals surface area contributed by atoms with Crippen LogP contribution in [-0.4, -0.2) is 49.6 Å². The molecule has 0 aromatic heterocycles. The van der Waals surface area contributed by atoms with Gasteiger partial charge in [0.1, 0.15) is 0 Å². The molecule has 1 aliphatic heterocycles. The summed E-state index contributed by atoms with van der Waals surface area (Å²) in [5.41, 5.74) is 10.3. The number of nitrogens with two attached hydrogens (primary N) is 1. The van der Waals surface area contributed by atoms with Crippen LogP contribution in [0.5, 0.6) is 0 Å². The van der Waals surface area contributed by atoms with E-state index in [1.165, 1.54) is 36.1 Å². The molecule has 1 fully saturated rings. The van der Waals surface area contributed by atoms with E-state index in [4.69, 9.17) is 5.73 Å². The van der Waals surface area contributed by atoms with E-state index in [1.807, 2.05) is 0 Å². The van der Waals surface area contributed by atoms with E-state index in [0.717, 1.165) is 13.1 Å². The number of aryl methyl sites for hydroxylation is 2. The lowest BCUT2D eigenvalue weighted by atomic mass is 9.98. The maximum Gasteiger partial charge on any atom is 0.0426 e. The average molecular weight is 275 g/mol. The van der Waals surface area contributed by atoms with E-state index >= 15 is 0 Å². The Morgan fingerprint density at radius 3 is 2.80 bits per heavy atom. The number of benzene rings is 1. The Balaban J connectivity index is 1.97. The summed E-state index contributed by atoms with van der Waals surface area (Å²) in [6, 6.07) is 7.33. The highest BCUT2D eigenvalue weighted by Crippen LogP contribution is 2.20. The molecule has 3 nitrogen and oxygen atoms in total. The molecule has 2 atom stereocenters. The molecule has 2 unspecified atom stereocenters. The van der Waals surface area contributed by atoms with E-state index < -0.39 is 0 Å². The molecular formula is C17H29N3. The van der Waals surface area contributed by atoms with Gasteiger partial charge in [0.05, 0.1) is 0 Å². The van der Waals surface area contributed by atoms with Crippen molar-refractivity contribution in [1.82, 2.24) is 9.80 Å². The van der Waals surface area contributed by atoms with Gasteiger partial charge in [-0.2, -0.15) is 0 Å². The topological polar surface area (TPSA) is 32.5 Å². The molecular weight excluding hydrogens is 246 g/mol. The van der Waals surface area contributed by atoms with Gasteiger partial charge in [0.2, 0.25) is 0 Å². The first kappa shape index (κ1) is 15.5. The molecule has 112 valence electrons. The largest absolute Gasteiger partial charge is 0.323 e. The van der Waals surface area contributed by atoms with Gasteiger partial charge in [-0.15, -0.1) is 0 Å². The van der Waals surface area contributed by atoms with Crippen molar-refractivity contribution in [1.29, 1.82) is 0 Å². The van der Waals surface area contributed by atoms with Gasteiger partial charge < -0.3 is 15.5 Å². The van der Waals surface area contributed by atoms with Crippen molar-refractivity contribution in [2.45, 2.75) is 38.8 Å². The summed E-state index contributed by atoms with van der Waals surface area (Å²) in [5.74, 6) is 0. The molecule has 1 aromatic carbocycles. The molecule has 2 N–H and O–H groups in total. The van der Waals surface area contributed by atoms with Crippen LogP contribution < -0.4 is 5.73 Å². The standard InChI is InChI=1S/C17H29N3/c1-13-7-8-16(14(2)10-13)17(18)12-20(4)15-6-5-9-19(3)11-15/h7-8,10,15,17H,5-6,9,11-12,18H2,1-4H3. The molecule has 0 saturated carbocycles. The van der Waals surface area contributed by atoms with Crippen LogP contribution in [0.25, 0.3) is 0 Å². The number of likely N-dealkylation sites (tertiary alicyclic amines) is 1. The number of rotatable bonds is 4. The van der Waals surface area contributed by atoms with Crippen LogP contribution in [0.2, 0.25) is 0 Å². The zero-order valence-corrected chi connectivity index (χ0v) is 13.4. The first-order chi connectivity index (χ1) is 9.47. The Morgan fingerprint density at radius 1 is 1.40 bits per heavy atom. The Labute approximate surface area is 123 Å². The molecule has 1 saturated heterocycles. The number of hydrogen-bond donors (Lipinski definition) is 1. The third-order valence-electron chi connectivity index (χ3n) is 4.53. The molecule has 1 aliphatic rings. The second kappa shape index (κ2) is 6.70. The molecule has 3 heteroatoms. The maximum atomic E-state index is 6.43. The van der Waals surface area contributed by atoms with Crippen molar-refractivity contribution in [2.24, 2.45) is 5.73 Å². The molecule has 0 spiro atoms. The van der Waals surface area contributed by atoms with Crippen molar-refractivity contribution in [3.63, 3.8) is 0 Å². The Kier molecular flexibility index (Phi) is 5.19. The zero-order valence-electron chi connectivity index (χ0n) is 13.4. The number of likely N-dealkylation sites (N-methyl/N-ethyl adjacent to an activating group) is 2. The van der Waals surface area contributed by atoms with Gasteiger partial charge in [0, 0.05) is 25.2 Å². The van der Waals surface area contributed by atoms with Crippen LogP contribution in [0, 0.1) is 13.8 Å². The van der Waals surface area contributed by atoms with Gasteiger partial charge in [-0.05, 0) is 58.5 Å². The van der Waals surface area contributed by atoms with Gasteiger partial charge >= 0.3 is 0 Å². The monoisotopic (exact) mass is 275 g/mol. The molecule has 2 rings (SSSR count). The zero-order chi connectivity index (χ0) is 14.7. The fraction of sp³-hybridized carbons (Fsp3) is 0.647. The molecule has 0 amide bonds. The van der Waals surface area contributed by atoms with E-state index in [1.54, 1.807) is 0 Å². The highest BCUT2D eigenvalue weighted by Gasteiger charge is 2.22. The SMILES string of the molecule is Cc1ccc(C(N)CN(C)C2CCCN(C)C2)c(C)c1. The molecule has 1 aromatic rings. The number of hydrogen-bond acceptors (Lipinski definition) is 3. The lowest BCUT2D eigenvalue weighted by Crippen LogP contribution is -2.46. The summed E-state index contributed by atoms with van der Waals surface area (Å²) in [7, 11) is 4.43. The first-order valence-electron chi connectivity index (χ1n) is 7.69. The minimum Gasteiger partial charge on any atom is -0.323 e. The molecule has 1 heterocycles. The van der Waals surface area contributed by atoms with Crippen molar-refractivity contribution in [2.75, 3.05) is 33.7 Å². The highest BCUT2D eigenvalue weighted by atomic mass is 15.2. The predicted octanol–water partition coefficient (Wildman–Crippen LogP) is 2.33. The van der Waals surface area contributed by atoms with Crippen molar-refractivity contribution in [3.8, 4) is 0 Å². The lowest BCUT2D eigenvalue weighted by molar-refractivity contribution is 0.129. The van der Waals surface area contributed by atoms with E-state index in [2.05, 4.69) is 55.9 Å². The highest BCUT2D eigenvalue weighted by molar-refractivity contribution is 5.32. The second-order valence-corrected chi connectivity index (χ2v) is 6.46. The van der Waals surface area contributed by atoms with Crippen LogP contribution >= 0.6 is 0 Å². The number of piperidine rings is 1. The lowest BCUT2D eigenvalue weighted by Gasteiger charge is -2.37. The third kappa shape index (κ3) is 3.81. The average Bonchev–Trinajstić information content (AvgIpc) is 2.38. The van der Waals surface area contributed by atoms with E-state index in [0.29, 0.717) is 6.04 Å². The van der Waals surface area contributed by atoms with Crippen LogP contribution in [-0.2, 0) is 0 Å². The van der Waals surface area contributed by atoms with Gasteiger partial charge in [0.25, 0.3) is 0 Å². The van der Waals surface area contributed by atoms with Crippen LogP contribution in [0.15, 0.2) is 18.2 Å². The van der Waals surface area contributed by atoms with Gasteiger partial charge in [-0.3, -0.25) is 0 Å². The third-order valence-corrected chi connectivity index (χ3v) is 4.53. The van der Waals surface area contributed by atoms with Crippen LogP contribution in [0.3, 0.4) is 0 Å². The maximum absolute atomic E-state index is 6.43. The Hall–Kier alpha value is -0.900. The van der Waals surface area contributed by atoms with Crippen LogP contribution in [0.1, 0.15) is 35.6 Å². The van der Waals surface area contributed by atoms with Gasteiger partial charge in [0.15, 0.2) is 0 Å². The Bertz CT molecular complexity index is 444. The summed E-state index contributed by atoms with van der Waals surface area (Å²) >= 11 is 0. The normalized spacial score (nSPS) is 22.2. The minimum absolute atomic E-state index is 0.104. The summed E-state index contributed by atoms with van der Waals surface area (Å²) < 4.78 is 0. The minimum atomic E-state index is 0.104. The molecule has 0 radical (unpaired) electrons. The predicted molar refractivity (Wildman–Crippen MR) is 86.0 cm³/mol. The molecule has 20 heavy (non-hydrogen) atoms. The summed E-state index contributed by atoms with van der Waals surface area (Å²) in [5, 5.41) is 0. The van der Waals surface area contributed by atoms with Crippen LogP contribution in [0.4, 0.5) is 0 Å². The summed E-state index contributed by atoms with van der Waals surface area (Å²) in [6.07, 6.45) is 2.59. The van der Waals surface area contributed by atoms with Crippen molar-refractivity contribution >= 4 is 0 Å². The second-order valence-electron chi connectivity index (χ2n) is 6.46. The molecule has 0 bridgehead atoms. The van der Waals surface area contributed by atoms with Gasteiger partial charge in [-0.1, -0.05) is 23.8 Å². The summed E-state index contributed by atoms with van der Waals surface area (Å²) in [6.45, 7) is 7.62. The van der Waals surface area contributed by atoms with Gasteiger partial charge in [-0.25, -0.2) is 0 Å². The van der Waals surface area contributed by atoms with E-state index in [-0.39, 0.29) is 6.04 Å². The summed E-state index contributed by atoms with van der Waals surface area (Å²) in [4.78, 5) is 4.87. The fourth-order valence-electron chi connectivity index (χ4n) is 3.30. The van der Waals surface area contributed by atoms with E-state index in [9.17, 15) is 0 Å². The fourth-order valence-corrected chi connectivity index (χ4v) is 3.30. The quantitative estimate of drug-likeness (QED) is 0.915. The molecule has 0 aliphatic carbocycles. The first-order valence-corrected chi connectivity index (χ1v) is 7.69.